The zero-order valence-corrected chi connectivity index (χ0v) is 9.59. The smallest absolute Gasteiger partial charge is 0.156 e. The summed E-state index contributed by atoms with van der Waals surface area (Å²) in [6.45, 7) is 4.70. The zero-order valence-electron chi connectivity index (χ0n) is 8.78. The highest BCUT2D eigenvalue weighted by atomic mass is 32.2. The molecule has 14 heavy (non-hydrogen) atoms. The minimum atomic E-state index is -2.90. The number of sulfone groups is 1. The van der Waals surface area contributed by atoms with Crippen LogP contribution in [0.4, 0.5) is 0 Å². The SMILES string of the molecule is CCCCN1CCS(=O)(=O)C(CN)C1. The number of nitrogens with zero attached hydrogens (tertiary/aromatic N) is 1. The lowest BCUT2D eigenvalue weighted by Gasteiger charge is -2.31. The van der Waals surface area contributed by atoms with Crippen LogP contribution in [0.5, 0.6) is 0 Å². The van der Waals surface area contributed by atoms with E-state index in [1.165, 1.54) is 0 Å². The molecule has 0 spiro atoms. The first-order valence-electron chi connectivity index (χ1n) is 5.24. The van der Waals surface area contributed by atoms with E-state index in [-0.39, 0.29) is 17.5 Å². The highest BCUT2D eigenvalue weighted by Gasteiger charge is 2.31. The summed E-state index contributed by atoms with van der Waals surface area (Å²) in [5.41, 5.74) is 5.46. The topological polar surface area (TPSA) is 63.4 Å². The third-order valence-electron chi connectivity index (χ3n) is 2.75. The van der Waals surface area contributed by atoms with E-state index in [4.69, 9.17) is 5.73 Å². The van der Waals surface area contributed by atoms with Gasteiger partial charge in [-0.1, -0.05) is 13.3 Å². The summed E-state index contributed by atoms with van der Waals surface area (Å²) < 4.78 is 23.1. The minimum Gasteiger partial charge on any atom is -0.329 e. The van der Waals surface area contributed by atoms with Crippen molar-refractivity contribution in [3.05, 3.63) is 0 Å². The third-order valence-corrected chi connectivity index (χ3v) is 4.86. The first kappa shape index (κ1) is 11.9. The molecule has 2 N–H and O–H groups in total. The van der Waals surface area contributed by atoms with Crippen molar-refractivity contribution < 1.29 is 8.42 Å². The van der Waals surface area contributed by atoms with Crippen LogP contribution in [0.2, 0.25) is 0 Å². The largest absolute Gasteiger partial charge is 0.329 e. The van der Waals surface area contributed by atoms with Crippen molar-refractivity contribution in [3.8, 4) is 0 Å². The Bertz CT molecular complexity index is 264. The van der Waals surface area contributed by atoms with E-state index in [0.29, 0.717) is 13.1 Å². The van der Waals surface area contributed by atoms with E-state index in [9.17, 15) is 8.42 Å². The van der Waals surface area contributed by atoms with Crippen LogP contribution in [0.25, 0.3) is 0 Å². The monoisotopic (exact) mass is 220 g/mol. The van der Waals surface area contributed by atoms with Crippen LogP contribution in [0.3, 0.4) is 0 Å². The second-order valence-corrected chi connectivity index (χ2v) is 6.28. The highest BCUT2D eigenvalue weighted by Crippen LogP contribution is 2.12. The lowest BCUT2D eigenvalue weighted by Crippen LogP contribution is -2.50. The van der Waals surface area contributed by atoms with Crippen LogP contribution >= 0.6 is 0 Å². The summed E-state index contributed by atoms with van der Waals surface area (Å²) in [4.78, 5) is 2.21. The summed E-state index contributed by atoms with van der Waals surface area (Å²) in [6.07, 6.45) is 2.29. The summed E-state index contributed by atoms with van der Waals surface area (Å²) in [5.74, 6) is 0.276. The van der Waals surface area contributed by atoms with Gasteiger partial charge in [-0.2, -0.15) is 0 Å². The fourth-order valence-corrected chi connectivity index (χ4v) is 3.30. The average Bonchev–Trinajstić information content (AvgIpc) is 2.16. The fourth-order valence-electron chi connectivity index (χ4n) is 1.72. The molecule has 0 aromatic rings. The Hall–Kier alpha value is -0.130. The molecule has 84 valence electrons. The molecule has 4 nitrogen and oxygen atoms in total. The molecule has 1 atom stereocenters. The van der Waals surface area contributed by atoms with Crippen LogP contribution in [0.15, 0.2) is 0 Å². The van der Waals surface area contributed by atoms with E-state index in [1.54, 1.807) is 0 Å². The Balaban J connectivity index is 2.49. The van der Waals surface area contributed by atoms with Gasteiger partial charge in [0.2, 0.25) is 0 Å². The van der Waals surface area contributed by atoms with Gasteiger partial charge in [-0.25, -0.2) is 8.42 Å². The maximum atomic E-state index is 11.5. The van der Waals surface area contributed by atoms with Crippen LogP contribution < -0.4 is 5.73 Å². The van der Waals surface area contributed by atoms with Gasteiger partial charge in [0.1, 0.15) is 0 Å². The molecule has 0 aliphatic carbocycles. The van der Waals surface area contributed by atoms with Crippen molar-refractivity contribution >= 4 is 9.84 Å². The molecular weight excluding hydrogens is 200 g/mol. The summed E-state index contributed by atoms with van der Waals surface area (Å²) in [5, 5.41) is -0.340. The second-order valence-electron chi connectivity index (χ2n) is 3.88. The van der Waals surface area contributed by atoms with Crippen molar-refractivity contribution in [1.29, 1.82) is 0 Å². The van der Waals surface area contributed by atoms with Crippen molar-refractivity contribution in [1.82, 2.24) is 4.90 Å². The molecule has 1 aliphatic heterocycles. The van der Waals surface area contributed by atoms with E-state index in [1.807, 2.05) is 0 Å². The molecule has 0 amide bonds. The van der Waals surface area contributed by atoms with Crippen molar-refractivity contribution in [3.63, 3.8) is 0 Å². The highest BCUT2D eigenvalue weighted by molar-refractivity contribution is 7.92. The van der Waals surface area contributed by atoms with E-state index in [0.717, 1.165) is 19.4 Å². The molecule has 0 saturated carbocycles. The van der Waals surface area contributed by atoms with Gasteiger partial charge in [-0.05, 0) is 13.0 Å². The number of hydrogen-bond acceptors (Lipinski definition) is 4. The molecule has 1 aliphatic rings. The summed E-state index contributed by atoms with van der Waals surface area (Å²) in [7, 11) is -2.90. The van der Waals surface area contributed by atoms with Crippen molar-refractivity contribution in [2.75, 3.05) is 31.9 Å². The Labute approximate surface area is 86.4 Å². The van der Waals surface area contributed by atoms with Crippen molar-refractivity contribution in [2.45, 2.75) is 25.0 Å². The maximum absolute atomic E-state index is 11.5. The molecule has 0 radical (unpaired) electrons. The second kappa shape index (κ2) is 5.09. The van der Waals surface area contributed by atoms with Gasteiger partial charge in [0.25, 0.3) is 0 Å². The summed E-state index contributed by atoms with van der Waals surface area (Å²) in [6, 6.07) is 0. The molecule has 0 bridgehead atoms. The van der Waals surface area contributed by atoms with Gasteiger partial charge >= 0.3 is 0 Å². The van der Waals surface area contributed by atoms with Gasteiger partial charge < -0.3 is 10.6 Å². The predicted molar refractivity (Wildman–Crippen MR) is 58.0 cm³/mol. The number of nitrogens with two attached hydrogens (primary N) is 1. The molecule has 1 saturated heterocycles. The third kappa shape index (κ3) is 2.93. The predicted octanol–water partition coefficient (Wildman–Crippen LogP) is -0.156. The standard InChI is InChI=1S/C9H20N2O2S/c1-2-3-4-11-5-6-14(12,13)9(7-10)8-11/h9H,2-8,10H2,1H3. The molecule has 0 aromatic heterocycles. The Kier molecular flexibility index (Phi) is 4.34. The van der Waals surface area contributed by atoms with Crippen LogP contribution in [-0.2, 0) is 9.84 Å². The number of rotatable bonds is 4. The zero-order chi connectivity index (χ0) is 10.6. The molecule has 1 unspecified atom stereocenters. The van der Waals surface area contributed by atoms with Crippen LogP contribution in [0.1, 0.15) is 19.8 Å². The van der Waals surface area contributed by atoms with Crippen molar-refractivity contribution in [2.24, 2.45) is 5.73 Å². The lowest BCUT2D eigenvalue weighted by molar-refractivity contribution is 0.271. The number of unbranched alkanes of at least 4 members (excludes halogenated alkanes) is 1. The molecule has 5 heteroatoms. The molecule has 0 aromatic carbocycles. The van der Waals surface area contributed by atoms with Gasteiger partial charge in [-0.15, -0.1) is 0 Å². The molecular formula is C9H20N2O2S. The molecule has 1 rings (SSSR count). The van der Waals surface area contributed by atoms with Gasteiger partial charge in [0.05, 0.1) is 11.0 Å². The maximum Gasteiger partial charge on any atom is 0.156 e. The quantitative estimate of drug-likeness (QED) is 0.715. The Morgan fingerprint density at radius 1 is 1.50 bits per heavy atom. The first-order valence-corrected chi connectivity index (χ1v) is 6.95. The fraction of sp³-hybridized carbons (Fsp3) is 1.00. The Morgan fingerprint density at radius 2 is 2.21 bits per heavy atom. The van der Waals surface area contributed by atoms with E-state index >= 15 is 0 Å². The molecule has 1 heterocycles. The van der Waals surface area contributed by atoms with Gasteiger partial charge in [0.15, 0.2) is 9.84 Å². The average molecular weight is 220 g/mol. The number of hydrogen-bond donors (Lipinski definition) is 1. The van der Waals surface area contributed by atoms with Crippen LogP contribution in [0, 0.1) is 0 Å². The Morgan fingerprint density at radius 3 is 2.79 bits per heavy atom. The normalized spacial score (nSPS) is 27.7. The minimum absolute atomic E-state index is 0.255. The first-order chi connectivity index (χ1) is 6.60. The van der Waals surface area contributed by atoms with Gasteiger partial charge in [-0.3, -0.25) is 0 Å². The summed E-state index contributed by atoms with van der Waals surface area (Å²) >= 11 is 0. The molecule has 1 fully saturated rings. The van der Waals surface area contributed by atoms with E-state index in [2.05, 4.69) is 11.8 Å². The van der Waals surface area contributed by atoms with Crippen LogP contribution in [-0.4, -0.2) is 50.5 Å². The van der Waals surface area contributed by atoms with E-state index < -0.39 is 9.84 Å². The lowest BCUT2D eigenvalue weighted by atomic mass is 10.3. The van der Waals surface area contributed by atoms with Gasteiger partial charge in [0, 0.05) is 19.6 Å².